The third-order valence-electron chi connectivity index (χ3n) is 4.66. The van der Waals surface area contributed by atoms with Crippen LogP contribution in [0.4, 0.5) is 23.3 Å². The van der Waals surface area contributed by atoms with Crippen molar-refractivity contribution in [3.8, 4) is 0 Å². The largest absolute Gasteiger partial charge is 0.378 e. The Morgan fingerprint density at radius 1 is 1.13 bits per heavy atom. The Kier molecular flexibility index (Phi) is 4.49. The Bertz CT molecular complexity index is 588. The summed E-state index contributed by atoms with van der Waals surface area (Å²) in [5.41, 5.74) is 5.77. The zero-order valence-corrected chi connectivity index (χ0v) is 13.6. The van der Waals surface area contributed by atoms with Gasteiger partial charge < -0.3 is 15.5 Å². The predicted octanol–water partition coefficient (Wildman–Crippen LogP) is 2.19. The van der Waals surface area contributed by atoms with Crippen molar-refractivity contribution in [1.82, 2.24) is 9.97 Å². The molecule has 0 spiro atoms. The van der Waals surface area contributed by atoms with Crippen LogP contribution in [0, 0.1) is 16.0 Å². The van der Waals surface area contributed by atoms with E-state index in [0.717, 1.165) is 51.9 Å². The van der Waals surface area contributed by atoms with Gasteiger partial charge in [-0.2, -0.15) is 9.97 Å². The topological polar surface area (TPSA) is 101 Å². The number of nitro groups is 1. The van der Waals surface area contributed by atoms with Crippen molar-refractivity contribution in [3.63, 3.8) is 0 Å². The van der Waals surface area contributed by atoms with E-state index in [1.807, 2.05) is 4.90 Å². The quantitative estimate of drug-likeness (QED) is 0.672. The average Bonchev–Trinajstić information content (AvgIpc) is 2.54. The van der Waals surface area contributed by atoms with E-state index < -0.39 is 4.92 Å². The molecule has 1 aromatic rings. The van der Waals surface area contributed by atoms with Crippen LogP contribution in [0.1, 0.15) is 39.0 Å². The number of nitrogens with zero attached hydrogens (tertiary/aromatic N) is 5. The van der Waals surface area contributed by atoms with Crippen LogP contribution in [0.15, 0.2) is 0 Å². The Labute approximate surface area is 135 Å². The monoisotopic (exact) mass is 320 g/mol. The van der Waals surface area contributed by atoms with Gasteiger partial charge in [-0.05, 0) is 38.0 Å². The highest BCUT2D eigenvalue weighted by Crippen LogP contribution is 2.35. The summed E-state index contributed by atoms with van der Waals surface area (Å²) in [4.78, 5) is 23.9. The molecule has 3 heterocycles. The fraction of sp³-hybridized carbons (Fsp3) is 0.733. The molecule has 2 fully saturated rings. The lowest BCUT2D eigenvalue weighted by Crippen LogP contribution is -2.37. The van der Waals surface area contributed by atoms with Crippen molar-refractivity contribution < 1.29 is 4.92 Å². The van der Waals surface area contributed by atoms with Crippen molar-refractivity contribution >= 4 is 23.3 Å². The summed E-state index contributed by atoms with van der Waals surface area (Å²) in [7, 11) is 0. The van der Waals surface area contributed by atoms with Crippen LogP contribution < -0.4 is 15.5 Å². The first kappa shape index (κ1) is 15.8. The first-order chi connectivity index (χ1) is 11.1. The van der Waals surface area contributed by atoms with E-state index >= 15 is 0 Å². The maximum atomic E-state index is 11.5. The molecule has 2 N–H and O–H groups in total. The maximum absolute atomic E-state index is 11.5. The Morgan fingerprint density at radius 3 is 2.48 bits per heavy atom. The second-order valence-electron chi connectivity index (χ2n) is 6.58. The van der Waals surface area contributed by atoms with E-state index in [9.17, 15) is 10.1 Å². The lowest BCUT2D eigenvalue weighted by molar-refractivity contribution is -0.383. The van der Waals surface area contributed by atoms with Crippen LogP contribution in [0.3, 0.4) is 0 Å². The summed E-state index contributed by atoms with van der Waals surface area (Å²) in [5, 5.41) is 11.5. The summed E-state index contributed by atoms with van der Waals surface area (Å²) in [6.07, 6.45) is 5.55. The van der Waals surface area contributed by atoms with Gasteiger partial charge >= 0.3 is 5.69 Å². The fourth-order valence-corrected chi connectivity index (χ4v) is 3.46. The molecule has 23 heavy (non-hydrogen) atoms. The van der Waals surface area contributed by atoms with Gasteiger partial charge in [0.15, 0.2) is 0 Å². The molecule has 2 aliphatic rings. The smallest absolute Gasteiger partial charge is 0.353 e. The number of nitrogen functional groups attached to an aromatic ring is 1. The molecule has 8 heteroatoms. The fourth-order valence-electron chi connectivity index (χ4n) is 3.46. The predicted molar refractivity (Wildman–Crippen MR) is 89.8 cm³/mol. The van der Waals surface area contributed by atoms with Gasteiger partial charge in [0.2, 0.25) is 17.6 Å². The standard InChI is InChI=1S/C15H24N6O2/c1-11-6-5-9-20(10-11)14-12(21(22)23)13(16)17-15(18-14)19-7-3-2-4-8-19/h11H,2-10H2,1H3,(H2,16,17,18)/t11-/m0/s1. The summed E-state index contributed by atoms with van der Waals surface area (Å²) in [5.74, 6) is 1.38. The normalized spacial score (nSPS) is 22.2. The number of hydrogen-bond donors (Lipinski definition) is 1. The van der Waals surface area contributed by atoms with Crippen LogP contribution in [0.2, 0.25) is 0 Å². The van der Waals surface area contributed by atoms with Crippen LogP contribution in [-0.2, 0) is 0 Å². The van der Waals surface area contributed by atoms with Crippen molar-refractivity contribution in [3.05, 3.63) is 10.1 Å². The second kappa shape index (κ2) is 6.55. The molecule has 1 aromatic heterocycles. The highest BCUT2D eigenvalue weighted by atomic mass is 16.6. The van der Waals surface area contributed by atoms with Gasteiger partial charge in [0.05, 0.1) is 4.92 Å². The van der Waals surface area contributed by atoms with Crippen molar-refractivity contribution in [1.29, 1.82) is 0 Å². The van der Waals surface area contributed by atoms with Gasteiger partial charge in [0, 0.05) is 26.2 Å². The van der Waals surface area contributed by atoms with E-state index in [2.05, 4.69) is 21.8 Å². The molecule has 0 bridgehead atoms. The Morgan fingerprint density at radius 2 is 1.83 bits per heavy atom. The molecule has 0 aromatic carbocycles. The van der Waals surface area contributed by atoms with Crippen LogP contribution in [-0.4, -0.2) is 41.1 Å². The van der Waals surface area contributed by atoms with Crippen LogP contribution in [0.5, 0.6) is 0 Å². The highest BCUT2D eigenvalue weighted by Gasteiger charge is 2.30. The van der Waals surface area contributed by atoms with Gasteiger partial charge in [-0.1, -0.05) is 6.92 Å². The van der Waals surface area contributed by atoms with Crippen molar-refractivity contribution in [2.45, 2.75) is 39.0 Å². The molecule has 2 saturated heterocycles. The third kappa shape index (κ3) is 3.30. The second-order valence-corrected chi connectivity index (χ2v) is 6.58. The molecular formula is C15H24N6O2. The molecule has 126 valence electrons. The van der Waals surface area contributed by atoms with E-state index in [-0.39, 0.29) is 11.5 Å². The minimum atomic E-state index is -0.454. The van der Waals surface area contributed by atoms with Gasteiger partial charge in [-0.15, -0.1) is 0 Å². The number of nitrogens with two attached hydrogens (primary N) is 1. The Hall–Kier alpha value is -2.12. The van der Waals surface area contributed by atoms with E-state index in [1.165, 1.54) is 6.42 Å². The molecule has 1 atom stereocenters. The average molecular weight is 320 g/mol. The zero-order chi connectivity index (χ0) is 16.4. The lowest BCUT2D eigenvalue weighted by Gasteiger charge is -2.33. The Balaban J connectivity index is 1.99. The minimum Gasteiger partial charge on any atom is -0.378 e. The molecule has 3 rings (SSSR count). The molecule has 2 aliphatic heterocycles. The minimum absolute atomic E-state index is 0.0289. The van der Waals surface area contributed by atoms with Crippen LogP contribution in [0.25, 0.3) is 0 Å². The molecule has 8 nitrogen and oxygen atoms in total. The van der Waals surface area contributed by atoms with E-state index in [0.29, 0.717) is 17.7 Å². The number of aromatic nitrogens is 2. The highest BCUT2D eigenvalue weighted by molar-refractivity contribution is 5.71. The number of hydrogen-bond acceptors (Lipinski definition) is 7. The lowest BCUT2D eigenvalue weighted by atomic mass is 10.0. The maximum Gasteiger partial charge on any atom is 0.353 e. The summed E-state index contributed by atoms with van der Waals surface area (Å²) < 4.78 is 0. The SMILES string of the molecule is C[C@H]1CCCN(c2nc(N3CCCCC3)nc(N)c2[N+](=O)[O-])C1. The van der Waals surface area contributed by atoms with Gasteiger partial charge in [-0.3, -0.25) is 10.1 Å². The number of anilines is 3. The number of rotatable bonds is 3. The summed E-state index contributed by atoms with van der Waals surface area (Å²) >= 11 is 0. The van der Waals surface area contributed by atoms with Crippen molar-refractivity contribution in [2.24, 2.45) is 5.92 Å². The first-order valence-electron chi connectivity index (χ1n) is 8.38. The van der Waals surface area contributed by atoms with Gasteiger partial charge in [0.25, 0.3) is 0 Å². The van der Waals surface area contributed by atoms with Gasteiger partial charge in [-0.25, -0.2) is 0 Å². The third-order valence-corrected chi connectivity index (χ3v) is 4.66. The molecule has 0 radical (unpaired) electrons. The first-order valence-corrected chi connectivity index (χ1v) is 8.38. The zero-order valence-electron chi connectivity index (χ0n) is 13.6. The molecule has 0 amide bonds. The van der Waals surface area contributed by atoms with E-state index in [4.69, 9.17) is 5.73 Å². The summed E-state index contributed by atoms with van der Waals surface area (Å²) in [6.45, 7) is 5.48. The molecule has 0 unspecified atom stereocenters. The van der Waals surface area contributed by atoms with Gasteiger partial charge in [0.1, 0.15) is 0 Å². The number of piperidine rings is 2. The van der Waals surface area contributed by atoms with E-state index in [1.54, 1.807) is 0 Å². The molecule has 0 aliphatic carbocycles. The molecular weight excluding hydrogens is 296 g/mol. The molecule has 0 saturated carbocycles. The summed E-state index contributed by atoms with van der Waals surface area (Å²) in [6, 6.07) is 0. The van der Waals surface area contributed by atoms with Crippen molar-refractivity contribution in [2.75, 3.05) is 41.7 Å². The van der Waals surface area contributed by atoms with Crippen LogP contribution >= 0.6 is 0 Å².